The number of phenolic OH excluding ortho intramolecular Hbond substituents is 1. The van der Waals surface area contributed by atoms with E-state index in [0.29, 0.717) is 6.54 Å². The number of nitrogens with zero attached hydrogens (tertiary/aromatic N) is 1. The van der Waals surface area contributed by atoms with Crippen LogP contribution in [-0.2, 0) is 16.1 Å². The summed E-state index contributed by atoms with van der Waals surface area (Å²) < 4.78 is 0. The fourth-order valence-corrected chi connectivity index (χ4v) is 3.31. The van der Waals surface area contributed by atoms with E-state index in [1.54, 1.807) is 36.1 Å². The Bertz CT molecular complexity index is 561. The number of hydrogen-bond acceptors (Lipinski definition) is 3. The number of phenols is 1. The smallest absolute Gasteiger partial charge is 0.249 e. The largest absolute Gasteiger partial charge is 0.508 e. The first-order chi connectivity index (χ1) is 10.0. The second-order valence-corrected chi connectivity index (χ2v) is 6.05. The molecule has 1 aromatic rings. The molecule has 0 radical (unpaired) electrons. The molecule has 0 aromatic heterocycles. The van der Waals surface area contributed by atoms with Crippen LogP contribution in [0, 0.1) is 0 Å². The zero-order chi connectivity index (χ0) is 15.0. The van der Waals surface area contributed by atoms with Crippen LogP contribution in [0.5, 0.6) is 5.75 Å². The fraction of sp³-hybridized carbons (Fsp3) is 0.500. The summed E-state index contributed by atoms with van der Waals surface area (Å²) in [5.41, 5.74) is 0.233. The molecule has 21 heavy (non-hydrogen) atoms. The minimum atomic E-state index is -0.680. The van der Waals surface area contributed by atoms with E-state index in [9.17, 15) is 14.7 Å². The lowest BCUT2D eigenvalue weighted by atomic mass is 9.90. The van der Waals surface area contributed by atoms with E-state index >= 15 is 0 Å². The van der Waals surface area contributed by atoms with E-state index in [-0.39, 0.29) is 17.6 Å². The van der Waals surface area contributed by atoms with Gasteiger partial charge in [-0.05, 0) is 37.5 Å². The van der Waals surface area contributed by atoms with Crippen LogP contribution in [0.3, 0.4) is 0 Å². The summed E-state index contributed by atoms with van der Waals surface area (Å²) in [6, 6.07) is 6.30. The second kappa shape index (κ2) is 5.06. The first kappa shape index (κ1) is 13.9. The maximum absolute atomic E-state index is 12.8. The molecule has 5 nitrogen and oxygen atoms in total. The van der Waals surface area contributed by atoms with E-state index in [1.165, 1.54) is 0 Å². The molecule has 1 saturated heterocycles. The summed E-state index contributed by atoms with van der Waals surface area (Å²) in [5, 5.41) is 12.3. The SMILES string of the molecule is CC1C(=O)NC2(CCCC2)C(=O)N1Cc1ccc(O)cc1. The van der Waals surface area contributed by atoms with E-state index in [0.717, 1.165) is 31.2 Å². The lowest BCUT2D eigenvalue weighted by Gasteiger charge is -2.43. The Morgan fingerprint density at radius 2 is 1.86 bits per heavy atom. The van der Waals surface area contributed by atoms with Crippen molar-refractivity contribution in [3.8, 4) is 5.75 Å². The molecule has 2 fully saturated rings. The van der Waals surface area contributed by atoms with Crippen LogP contribution in [0.15, 0.2) is 24.3 Å². The van der Waals surface area contributed by atoms with Gasteiger partial charge in [0.25, 0.3) is 0 Å². The van der Waals surface area contributed by atoms with E-state index in [4.69, 9.17) is 0 Å². The van der Waals surface area contributed by atoms with Gasteiger partial charge in [0.1, 0.15) is 17.3 Å². The van der Waals surface area contributed by atoms with E-state index < -0.39 is 11.6 Å². The number of carbonyl (C=O) groups excluding carboxylic acids is 2. The highest BCUT2D eigenvalue weighted by Crippen LogP contribution is 2.35. The van der Waals surface area contributed by atoms with Gasteiger partial charge in [-0.3, -0.25) is 9.59 Å². The van der Waals surface area contributed by atoms with Crippen molar-refractivity contribution in [2.24, 2.45) is 0 Å². The Morgan fingerprint density at radius 1 is 1.24 bits per heavy atom. The van der Waals surface area contributed by atoms with Crippen LogP contribution in [0.1, 0.15) is 38.2 Å². The van der Waals surface area contributed by atoms with Gasteiger partial charge >= 0.3 is 0 Å². The first-order valence-electron chi connectivity index (χ1n) is 7.43. The van der Waals surface area contributed by atoms with Crippen molar-refractivity contribution in [1.82, 2.24) is 10.2 Å². The molecule has 1 spiro atoms. The molecule has 1 aromatic carbocycles. The fourth-order valence-electron chi connectivity index (χ4n) is 3.31. The van der Waals surface area contributed by atoms with Gasteiger partial charge in [0, 0.05) is 6.54 Å². The number of rotatable bonds is 2. The number of carbonyl (C=O) groups is 2. The molecule has 3 rings (SSSR count). The van der Waals surface area contributed by atoms with Gasteiger partial charge in [0.2, 0.25) is 11.8 Å². The highest BCUT2D eigenvalue weighted by molar-refractivity contribution is 5.99. The highest BCUT2D eigenvalue weighted by Gasteiger charge is 2.50. The van der Waals surface area contributed by atoms with Gasteiger partial charge in [0.05, 0.1) is 0 Å². The number of piperazine rings is 1. The van der Waals surface area contributed by atoms with Gasteiger partial charge in [-0.1, -0.05) is 25.0 Å². The Kier molecular flexibility index (Phi) is 3.35. The third-order valence-electron chi connectivity index (χ3n) is 4.63. The molecule has 1 unspecified atom stereocenters. The standard InChI is InChI=1S/C16H20N2O3/c1-11-14(20)17-16(8-2-3-9-16)15(21)18(11)10-12-4-6-13(19)7-5-12/h4-7,11,19H,2-3,8-10H2,1H3,(H,17,20). The molecule has 2 aliphatic rings. The van der Waals surface area contributed by atoms with Crippen molar-refractivity contribution in [2.75, 3.05) is 0 Å². The third kappa shape index (κ3) is 2.37. The molecule has 1 atom stereocenters. The van der Waals surface area contributed by atoms with Crippen molar-refractivity contribution in [1.29, 1.82) is 0 Å². The Hall–Kier alpha value is -2.04. The molecule has 112 valence electrons. The van der Waals surface area contributed by atoms with Crippen LogP contribution in [0.25, 0.3) is 0 Å². The molecule has 5 heteroatoms. The summed E-state index contributed by atoms with van der Waals surface area (Å²) in [6.07, 6.45) is 3.42. The third-order valence-corrected chi connectivity index (χ3v) is 4.63. The van der Waals surface area contributed by atoms with Gasteiger partial charge in [-0.25, -0.2) is 0 Å². The predicted octanol–water partition coefficient (Wildman–Crippen LogP) is 1.55. The Balaban J connectivity index is 1.86. The minimum absolute atomic E-state index is 0.0279. The van der Waals surface area contributed by atoms with Crippen LogP contribution in [0.2, 0.25) is 0 Å². The van der Waals surface area contributed by atoms with Crippen molar-refractivity contribution in [3.05, 3.63) is 29.8 Å². The zero-order valence-electron chi connectivity index (χ0n) is 12.1. The summed E-state index contributed by atoms with van der Waals surface area (Å²) in [4.78, 5) is 26.7. The maximum Gasteiger partial charge on any atom is 0.249 e. The number of benzene rings is 1. The monoisotopic (exact) mass is 288 g/mol. The number of amides is 2. The number of nitrogens with one attached hydrogen (secondary N) is 1. The average Bonchev–Trinajstić information content (AvgIpc) is 2.93. The minimum Gasteiger partial charge on any atom is -0.508 e. The summed E-state index contributed by atoms with van der Waals surface area (Å²) in [6.45, 7) is 2.16. The molecule has 2 amide bonds. The molecule has 2 N–H and O–H groups in total. The molecular formula is C16H20N2O3. The van der Waals surface area contributed by atoms with Crippen molar-refractivity contribution >= 4 is 11.8 Å². The predicted molar refractivity (Wildman–Crippen MR) is 77.5 cm³/mol. The molecule has 1 saturated carbocycles. The molecule has 0 bridgehead atoms. The van der Waals surface area contributed by atoms with Crippen LogP contribution in [-0.4, -0.2) is 33.4 Å². The van der Waals surface area contributed by atoms with Crippen LogP contribution < -0.4 is 5.32 Å². The van der Waals surface area contributed by atoms with E-state index in [2.05, 4.69) is 5.32 Å². The Labute approximate surface area is 123 Å². The normalized spacial score (nSPS) is 24.4. The van der Waals surface area contributed by atoms with Gasteiger partial charge in [-0.15, -0.1) is 0 Å². The zero-order valence-corrected chi connectivity index (χ0v) is 12.1. The lowest BCUT2D eigenvalue weighted by Crippen LogP contribution is -2.68. The summed E-state index contributed by atoms with van der Waals surface area (Å²) in [7, 11) is 0. The Morgan fingerprint density at radius 3 is 2.48 bits per heavy atom. The lowest BCUT2D eigenvalue weighted by molar-refractivity contribution is -0.154. The van der Waals surface area contributed by atoms with Crippen LogP contribution >= 0.6 is 0 Å². The molecule has 1 heterocycles. The van der Waals surface area contributed by atoms with Gasteiger partial charge < -0.3 is 15.3 Å². The maximum atomic E-state index is 12.8. The molecule has 1 aliphatic carbocycles. The number of aromatic hydroxyl groups is 1. The van der Waals surface area contributed by atoms with Crippen molar-refractivity contribution < 1.29 is 14.7 Å². The second-order valence-electron chi connectivity index (χ2n) is 6.05. The van der Waals surface area contributed by atoms with Gasteiger partial charge in [-0.2, -0.15) is 0 Å². The molecule has 1 aliphatic heterocycles. The topological polar surface area (TPSA) is 69.6 Å². The first-order valence-corrected chi connectivity index (χ1v) is 7.43. The molecular weight excluding hydrogens is 268 g/mol. The van der Waals surface area contributed by atoms with Crippen LogP contribution in [0.4, 0.5) is 0 Å². The highest BCUT2D eigenvalue weighted by atomic mass is 16.3. The van der Waals surface area contributed by atoms with Gasteiger partial charge in [0.15, 0.2) is 0 Å². The van der Waals surface area contributed by atoms with E-state index in [1.807, 2.05) is 0 Å². The van der Waals surface area contributed by atoms with Crippen molar-refractivity contribution in [3.63, 3.8) is 0 Å². The quantitative estimate of drug-likeness (QED) is 0.867. The average molecular weight is 288 g/mol. The summed E-state index contributed by atoms with van der Waals surface area (Å²) >= 11 is 0. The number of hydrogen-bond donors (Lipinski definition) is 2. The van der Waals surface area contributed by atoms with Crippen molar-refractivity contribution in [2.45, 2.75) is 50.7 Å². The summed E-state index contributed by atoms with van der Waals surface area (Å²) in [5.74, 6) is 0.150.